The number of phenols is 1. The number of benzene rings is 1. The zero-order valence-electron chi connectivity index (χ0n) is 8.14. The molecule has 4 nitrogen and oxygen atoms in total. The Morgan fingerprint density at radius 3 is 2.60 bits per heavy atom. The van der Waals surface area contributed by atoms with Gasteiger partial charge in [0.05, 0.1) is 11.9 Å². The van der Waals surface area contributed by atoms with Crippen LogP contribution < -0.4 is 0 Å². The molecule has 0 bridgehead atoms. The fourth-order valence-electron chi connectivity index (χ4n) is 1.50. The molecule has 1 aromatic carbocycles. The van der Waals surface area contributed by atoms with E-state index in [1.807, 2.05) is 12.1 Å². The average Bonchev–Trinajstić information content (AvgIpc) is 2.68. The van der Waals surface area contributed by atoms with Crippen LogP contribution >= 0.6 is 0 Å². The highest BCUT2D eigenvalue weighted by molar-refractivity contribution is 5.63. The van der Waals surface area contributed by atoms with E-state index in [9.17, 15) is 0 Å². The first-order chi connectivity index (χ1) is 7.31. The molecule has 0 spiro atoms. The third-order valence-corrected chi connectivity index (χ3v) is 2.25. The van der Waals surface area contributed by atoms with Gasteiger partial charge in [-0.15, -0.1) is 0 Å². The number of aromatic hydroxyl groups is 1. The summed E-state index contributed by atoms with van der Waals surface area (Å²) in [6.45, 7) is 0.102. The lowest BCUT2D eigenvalue weighted by Crippen LogP contribution is -1.91. The Balaban J connectivity index is 2.36. The second-order valence-corrected chi connectivity index (χ2v) is 3.29. The molecule has 2 aromatic rings. The zero-order chi connectivity index (χ0) is 10.7. The Hall–Kier alpha value is -1.81. The highest BCUT2D eigenvalue weighted by Crippen LogP contribution is 2.23. The van der Waals surface area contributed by atoms with Crippen LogP contribution in [0.3, 0.4) is 0 Å². The Bertz CT molecular complexity index is 434. The lowest BCUT2D eigenvalue weighted by molar-refractivity contribution is 0.300. The van der Waals surface area contributed by atoms with Gasteiger partial charge in [-0.05, 0) is 30.7 Å². The minimum atomic E-state index is 0.102. The summed E-state index contributed by atoms with van der Waals surface area (Å²) in [6, 6.07) is 6.87. The molecule has 0 saturated heterocycles. The van der Waals surface area contributed by atoms with Gasteiger partial charge in [0.25, 0.3) is 0 Å². The average molecular weight is 204 g/mol. The minimum absolute atomic E-state index is 0.102. The molecule has 0 fully saturated rings. The topological polar surface area (TPSA) is 69.1 Å². The van der Waals surface area contributed by atoms with Gasteiger partial charge in [-0.1, -0.05) is 0 Å². The van der Waals surface area contributed by atoms with E-state index in [0.29, 0.717) is 6.42 Å². The first-order valence-electron chi connectivity index (χ1n) is 4.74. The fraction of sp³-hybridized carbons (Fsp3) is 0.182. The van der Waals surface area contributed by atoms with E-state index in [4.69, 9.17) is 10.2 Å². The Kier molecular flexibility index (Phi) is 2.69. The van der Waals surface area contributed by atoms with Crippen molar-refractivity contribution in [3.8, 4) is 17.0 Å². The van der Waals surface area contributed by atoms with Crippen LogP contribution in [-0.4, -0.2) is 27.0 Å². The largest absolute Gasteiger partial charge is 0.508 e. The Morgan fingerprint density at radius 1 is 1.20 bits per heavy atom. The van der Waals surface area contributed by atoms with E-state index < -0.39 is 0 Å². The van der Waals surface area contributed by atoms with E-state index in [1.165, 1.54) is 0 Å². The van der Waals surface area contributed by atoms with Crippen molar-refractivity contribution in [3.05, 3.63) is 36.0 Å². The number of nitrogens with zero attached hydrogens (tertiary/aromatic N) is 1. The molecule has 0 radical (unpaired) electrons. The van der Waals surface area contributed by atoms with E-state index in [0.717, 1.165) is 16.8 Å². The number of hydrogen-bond donors (Lipinski definition) is 3. The van der Waals surface area contributed by atoms with Crippen molar-refractivity contribution in [1.29, 1.82) is 0 Å². The Labute approximate surface area is 87.2 Å². The number of aromatic nitrogens is 2. The number of aliphatic hydroxyl groups excluding tert-OH is 1. The molecule has 0 amide bonds. The number of phenolic OH excluding ortho intramolecular Hbond substituents is 1. The van der Waals surface area contributed by atoms with Gasteiger partial charge in [0.1, 0.15) is 5.75 Å². The van der Waals surface area contributed by atoms with Crippen LogP contribution in [0.5, 0.6) is 5.75 Å². The second-order valence-electron chi connectivity index (χ2n) is 3.29. The van der Waals surface area contributed by atoms with Crippen LogP contribution in [0.25, 0.3) is 11.3 Å². The highest BCUT2D eigenvalue weighted by Gasteiger charge is 2.06. The van der Waals surface area contributed by atoms with Crippen molar-refractivity contribution in [2.45, 2.75) is 6.42 Å². The highest BCUT2D eigenvalue weighted by atomic mass is 16.3. The van der Waals surface area contributed by atoms with Crippen molar-refractivity contribution < 1.29 is 10.2 Å². The molecule has 0 aliphatic rings. The molecule has 0 saturated carbocycles. The van der Waals surface area contributed by atoms with Crippen LogP contribution in [0.4, 0.5) is 0 Å². The summed E-state index contributed by atoms with van der Waals surface area (Å²) in [4.78, 5) is 0. The summed E-state index contributed by atoms with van der Waals surface area (Å²) in [5.41, 5.74) is 2.82. The number of rotatable bonds is 3. The van der Waals surface area contributed by atoms with Gasteiger partial charge in [0.15, 0.2) is 0 Å². The SMILES string of the molecule is OCCc1cn[nH]c1-c1ccc(O)cc1. The lowest BCUT2D eigenvalue weighted by atomic mass is 10.1. The van der Waals surface area contributed by atoms with Gasteiger partial charge in [-0.3, -0.25) is 5.10 Å². The van der Waals surface area contributed by atoms with Gasteiger partial charge < -0.3 is 10.2 Å². The van der Waals surface area contributed by atoms with Crippen molar-refractivity contribution in [1.82, 2.24) is 10.2 Å². The van der Waals surface area contributed by atoms with Crippen LogP contribution in [-0.2, 0) is 6.42 Å². The smallest absolute Gasteiger partial charge is 0.115 e. The van der Waals surface area contributed by atoms with E-state index >= 15 is 0 Å². The Morgan fingerprint density at radius 2 is 1.93 bits per heavy atom. The summed E-state index contributed by atoms with van der Waals surface area (Å²) in [7, 11) is 0. The predicted octanol–water partition coefficient (Wildman–Crippen LogP) is 1.32. The van der Waals surface area contributed by atoms with Gasteiger partial charge in [0.2, 0.25) is 0 Å². The number of H-pyrrole nitrogens is 1. The number of aromatic amines is 1. The maximum Gasteiger partial charge on any atom is 0.115 e. The van der Waals surface area contributed by atoms with Crippen LogP contribution in [0.1, 0.15) is 5.56 Å². The molecule has 15 heavy (non-hydrogen) atoms. The molecule has 78 valence electrons. The van der Waals surface area contributed by atoms with Crippen LogP contribution in [0.15, 0.2) is 30.5 Å². The zero-order valence-corrected chi connectivity index (χ0v) is 8.14. The molecule has 4 heteroatoms. The summed E-state index contributed by atoms with van der Waals surface area (Å²) in [5.74, 6) is 0.238. The number of aliphatic hydroxyl groups is 1. The normalized spacial score (nSPS) is 10.5. The molecule has 3 N–H and O–H groups in total. The molecule has 0 unspecified atom stereocenters. The third-order valence-electron chi connectivity index (χ3n) is 2.25. The molecular formula is C11H12N2O2. The quantitative estimate of drug-likeness (QED) is 0.706. The monoisotopic (exact) mass is 204 g/mol. The molecule has 0 aliphatic heterocycles. The van der Waals surface area contributed by atoms with Crippen molar-refractivity contribution in [3.63, 3.8) is 0 Å². The number of hydrogen-bond acceptors (Lipinski definition) is 3. The summed E-state index contributed by atoms with van der Waals surface area (Å²) in [5, 5.41) is 24.9. The van der Waals surface area contributed by atoms with Gasteiger partial charge in [0, 0.05) is 17.7 Å². The molecule has 0 atom stereocenters. The van der Waals surface area contributed by atoms with Gasteiger partial charge in [-0.2, -0.15) is 5.10 Å². The van der Waals surface area contributed by atoms with E-state index in [2.05, 4.69) is 10.2 Å². The summed E-state index contributed by atoms with van der Waals surface area (Å²) < 4.78 is 0. The summed E-state index contributed by atoms with van der Waals surface area (Å²) >= 11 is 0. The molecule has 1 heterocycles. The first-order valence-corrected chi connectivity index (χ1v) is 4.74. The van der Waals surface area contributed by atoms with Crippen molar-refractivity contribution in [2.75, 3.05) is 6.61 Å². The van der Waals surface area contributed by atoms with Crippen molar-refractivity contribution >= 4 is 0 Å². The predicted molar refractivity (Wildman–Crippen MR) is 56.5 cm³/mol. The molecule has 0 aliphatic carbocycles. The fourth-order valence-corrected chi connectivity index (χ4v) is 1.50. The maximum absolute atomic E-state index is 9.16. The molecular weight excluding hydrogens is 192 g/mol. The number of nitrogens with one attached hydrogen (secondary N) is 1. The molecule has 1 aromatic heterocycles. The van der Waals surface area contributed by atoms with Gasteiger partial charge >= 0.3 is 0 Å². The standard InChI is InChI=1S/C11H12N2O2/c14-6-5-9-7-12-13-11(9)8-1-3-10(15)4-2-8/h1-4,7,14-15H,5-6H2,(H,12,13). The van der Waals surface area contributed by atoms with Crippen molar-refractivity contribution in [2.24, 2.45) is 0 Å². The van der Waals surface area contributed by atoms with Gasteiger partial charge in [-0.25, -0.2) is 0 Å². The molecule has 2 rings (SSSR count). The van der Waals surface area contributed by atoms with Crippen LogP contribution in [0.2, 0.25) is 0 Å². The van der Waals surface area contributed by atoms with E-state index in [-0.39, 0.29) is 12.4 Å². The van der Waals surface area contributed by atoms with Crippen LogP contribution in [0, 0.1) is 0 Å². The lowest BCUT2D eigenvalue weighted by Gasteiger charge is -2.01. The third kappa shape index (κ3) is 1.99. The van der Waals surface area contributed by atoms with E-state index in [1.54, 1.807) is 18.3 Å². The second kappa shape index (κ2) is 4.14. The minimum Gasteiger partial charge on any atom is -0.508 e. The maximum atomic E-state index is 9.16. The summed E-state index contributed by atoms with van der Waals surface area (Å²) in [6.07, 6.45) is 2.28. The first kappa shape index (κ1) is 9.73.